The lowest BCUT2D eigenvalue weighted by molar-refractivity contribution is -0.171. The van der Waals surface area contributed by atoms with Crippen molar-refractivity contribution >= 4 is 0 Å². The van der Waals surface area contributed by atoms with Crippen LogP contribution in [0, 0.1) is 0 Å². The van der Waals surface area contributed by atoms with E-state index in [4.69, 9.17) is 14.9 Å². The maximum atomic E-state index is 9.35. The smallest absolute Gasteiger partial charge is 0.189 e. The van der Waals surface area contributed by atoms with Crippen LogP contribution in [0.1, 0.15) is 32.8 Å². The van der Waals surface area contributed by atoms with Gasteiger partial charge < -0.3 is 25.2 Å². The van der Waals surface area contributed by atoms with Gasteiger partial charge in [0.1, 0.15) is 0 Å². The molecule has 1 aromatic rings. The lowest BCUT2D eigenvalue weighted by Crippen LogP contribution is -2.23. The number of hydrogen-bond acceptors (Lipinski definition) is 5. The normalized spacial score (nSPS) is 14.2. The van der Waals surface area contributed by atoms with Gasteiger partial charge in [-0.05, 0) is 13.8 Å². The van der Waals surface area contributed by atoms with E-state index in [1.807, 2.05) is 6.07 Å². The fourth-order valence-corrected chi connectivity index (χ4v) is 1.27. The van der Waals surface area contributed by atoms with Crippen molar-refractivity contribution in [1.82, 2.24) is 0 Å². The highest BCUT2D eigenvalue weighted by atomic mass is 16.5. The first-order valence-electron chi connectivity index (χ1n) is 6.74. The Labute approximate surface area is 120 Å². The second-order valence-electron chi connectivity index (χ2n) is 4.71. The average Bonchev–Trinajstić information content (AvgIpc) is 2.46. The third kappa shape index (κ3) is 8.24. The topological polar surface area (TPSA) is 90.2 Å². The number of aliphatic hydroxyl groups is 4. The van der Waals surface area contributed by atoms with Crippen LogP contribution in [-0.4, -0.2) is 45.8 Å². The van der Waals surface area contributed by atoms with E-state index in [0.717, 1.165) is 0 Å². The molecule has 5 heteroatoms. The summed E-state index contributed by atoms with van der Waals surface area (Å²) in [7, 11) is 0. The quantitative estimate of drug-likeness (QED) is 0.586. The van der Waals surface area contributed by atoms with Crippen LogP contribution < -0.4 is 0 Å². The van der Waals surface area contributed by atoms with Gasteiger partial charge in [-0.25, -0.2) is 0 Å². The average molecular weight is 286 g/mol. The second-order valence-corrected chi connectivity index (χ2v) is 4.71. The predicted octanol–water partition coefficient (Wildman–Crippen LogP) is 0.999. The fraction of sp³-hybridized carbons (Fsp3) is 0.600. The molecule has 0 saturated heterocycles. The molecule has 1 rings (SSSR count). The van der Waals surface area contributed by atoms with Crippen LogP contribution in [0.4, 0.5) is 0 Å². The van der Waals surface area contributed by atoms with Gasteiger partial charge >= 0.3 is 0 Å². The molecule has 0 aliphatic heterocycles. The highest BCUT2D eigenvalue weighted by molar-refractivity contribution is 5.19. The molecule has 2 atom stereocenters. The minimum absolute atomic E-state index is 0.00667. The van der Waals surface area contributed by atoms with Crippen molar-refractivity contribution in [2.24, 2.45) is 0 Å². The summed E-state index contributed by atoms with van der Waals surface area (Å²) in [6.07, 6.45) is -0.310. The van der Waals surface area contributed by atoms with E-state index in [0.29, 0.717) is 18.6 Å². The van der Waals surface area contributed by atoms with Gasteiger partial charge in [0.15, 0.2) is 5.79 Å². The predicted molar refractivity (Wildman–Crippen MR) is 77.0 cm³/mol. The number of hydrogen-bond donors (Lipinski definition) is 4. The van der Waals surface area contributed by atoms with Crippen molar-refractivity contribution < 1.29 is 25.2 Å². The van der Waals surface area contributed by atoms with E-state index in [-0.39, 0.29) is 12.7 Å². The van der Waals surface area contributed by atoms with Crippen LogP contribution in [0.5, 0.6) is 0 Å². The number of benzene rings is 1. The van der Waals surface area contributed by atoms with Crippen LogP contribution in [0.3, 0.4) is 0 Å². The minimum atomic E-state index is -1.67. The molecular formula is C15H26O5. The van der Waals surface area contributed by atoms with Crippen molar-refractivity contribution in [2.75, 3.05) is 13.2 Å². The molecule has 1 aromatic carbocycles. The molecule has 0 spiro atoms. The summed E-state index contributed by atoms with van der Waals surface area (Å²) in [6, 6.07) is 8.81. The molecule has 0 fully saturated rings. The molecule has 0 amide bonds. The molecule has 4 N–H and O–H groups in total. The lowest BCUT2D eigenvalue weighted by Gasteiger charge is -2.19. The van der Waals surface area contributed by atoms with Crippen LogP contribution in [0.25, 0.3) is 0 Å². The SMILES string of the molecule is CC(O)COC(C)CO.CCC(O)(O)c1ccccc1. The van der Waals surface area contributed by atoms with Gasteiger partial charge in [-0.2, -0.15) is 0 Å². The van der Waals surface area contributed by atoms with Crippen molar-refractivity contribution in [3.8, 4) is 0 Å². The molecule has 0 aliphatic rings. The Morgan fingerprint density at radius 3 is 2.10 bits per heavy atom. The van der Waals surface area contributed by atoms with E-state index < -0.39 is 11.9 Å². The van der Waals surface area contributed by atoms with E-state index in [9.17, 15) is 10.2 Å². The largest absolute Gasteiger partial charge is 0.394 e. The zero-order valence-electron chi connectivity index (χ0n) is 12.4. The molecule has 0 heterocycles. The van der Waals surface area contributed by atoms with Crippen molar-refractivity contribution in [3.63, 3.8) is 0 Å². The first kappa shape index (κ1) is 19.0. The van der Waals surface area contributed by atoms with E-state index >= 15 is 0 Å². The Morgan fingerprint density at radius 2 is 1.70 bits per heavy atom. The molecule has 116 valence electrons. The standard InChI is InChI=1S/C9H12O2.C6H14O3/c1-2-9(10,11)8-6-4-3-5-7-8;1-5(8)4-9-6(2)3-7/h3-7,10-11H,2H2,1H3;5-8H,3-4H2,1-2H3. The fourth-order valence-electron chi connectivity index (χ4n) is 1.27. The first-order chi connectivity index (χ1) is 9.33. The molecule has 5 nitrogen and oxygen atoms in total. The van der Waals surface area contributed by atoms with Crippen LogP contribution >= 0.6 is 0 Å². The Balaban J connectivity index is 0.000000370. The van der Waals surface area contributed by atoms with Gasteiger partial charge in [0, 0.05) is 12.0 Å². The molecule has 0 radical (unpaired) electrons. The molecule has 20 heavy (non-hydrogen) atoms. The summed E-state index contributed by atoms with van der Waals surface area (Å²) in [5.74, 6) is -1.67. The lowest BCUT2D eigenvalue weighted by atomic mass is 10.0. The zero-order valence-corrected chi connectivity index (χ0v) is 12.4. The van der Waals surface area contributed by atoms with Crippen molar-refractivity contribution in [1.29, 1.82) is 0 Å². The van der Waals surface area contributed by atoms with Crippen LogP contribution in [-0.2, 0) is 10.5 Å². The van der Waals surface area contributed by atoms with E-state index in [2.05, 4.69) is 0 Å². The molecule has 0 bridgehead atoms. The number of aliphatic hydroxyl groups excluding tert-OH is 2. The zero-order chi connectivity index (χ0) is 15.6. The van der Waals surface area contributed by atoms with Gasteiger partial charge in [0.05, 0.1) is 25.4 Å². The molecule has 2 unspecified atom stereocenters. The van der Waals surface area contributed by atoms with Crippen molar-refractivity contribution in [2.45, 2.75) is 45.2 Å². The third-order valence-electron chi connectivity index (χ3n) is 2.61. The summed E-state index contributed by atoms with van der Waals surface area (Å²) in [5, 5.41) is 35.8. The maximum Gasteiger partial charge on any atom is 0.189 e. The summed E-state index contributed by atoms with van der Waals surface area (Å²) >= 11 is 0. The van der Waals surface area contributed by atoms with Crippen LogP contribution in [0.2, 0.25) is 0 Å². The van der Waals surface area contributed by atoms with Crippen molar-refractivity contribution in [3.05, 3.63) is 35.9 Å². The Bertz CT molecular complexity index is 337. The van der Waals surface area contributed by atoms with Gasteiger partial charge in [-0.3, -0.25) is 0 Å². The third-order valence-corrected chi connectivity index (χ3v) is 2.61. The molecule has 0 saturated carbocycles. The van der Waals surface area contributed by atoms with E-state index in [1.165, 1.54) is 0 Å². The maximum absolute atomic E-state index is 9.35. The Kier molecular flexibility index (Phi) is 9.37. The number of rotatable bonds is 6. The second kappa shape index (κ2) is 9.85. The molecule has 0 aromatic heterocycles. The summed E-state index contributed by atoms with van der Waals surface area (Å²) in [6.45, 7) is 5.42. The van der Waals surface area contributed by atoms with E-state index in [1.54, 1.807) is 45.0 Å². The van der Waals surface area contributed by atoms with Gasteiger partial charge in [0.2, 0.25) is 0 Å². The number of ether oxygens (including phenoxy) is 1. The van der Waals surface area contributed by atoms with Gasteiger partial charge in [0.25, 0.3) is 0 Å². The highest BCUT2D eigenvalue weighted by Gasteiger charge is 2.21. The van der Waals surface area contributed by atoms with Gasteiger partial charge in [-0.15, -0.1) is 0 Å². The highest BCUT2D eigenvalue weighted by Crippen LogP contribution is 2.20. The minimum Gasteiger partial charge on any atom is -0.394 e. The summed E-state index contributed by atoms with van der Waals surface area (Å²) in [5.41, 5.74) is 0.544. The van der Waals surface area contributed by atoms with Crippen LogP contribution in [0.15, 0.2) is 30.3 Å². The van der Waals surface area contributed by atoms with Gasteiger partial charge in [-0.1, -0.05) is 37.3 Å². The molecule has 0 aliphatic carbocycles. The Hall–Kier alpha value is -0.980. The monoisotopic (exact) mass is 286 g/mol. The first-order valence-corrected chi connectivity index (χ1v) is 6.74. The summed E-state index contributed by atoms with van der Waals surface area (Å²) in [4.78, 5) is 0. The summed E-state index contributed by atoms with van der Waals surface area (Å²) < 4.78 is 4.95. The molecular weight excluding hydrogens is 260 g/mol. The Morgan fingerprint density at radius 1 is 1.15 bits per heavy atom.